The minimum absolute atomic E-state index is 0.118. The van der Waals surface area contributed by atoms with Gasteiger partial charge in [0.05, 0.1) is 6.54 Å². The summed E-state index contributed by atoms with van der Waals surface area (Å²) < 4.78 is 12.2. The number of para-hydroxylation sites is 1. The molecule has 0 aliphatic heterocycles. The Morgan fingerprint density at radius 3 is 1.96 bits per heavy atom. The van der Waals surface area contributed by atoms with Crippen molar-refractivity contribution in [2.45, 2.75) is 0 Å². The third kappa shape index (κ3) is 6.63. The molecule has 0 spiro atoms. The number of benzene rings is 3. The van der Waals surface area contributed by atoms with Crippen LogP contribution in [0.25, 0.3) is 0 Å². The van der Waals surface area contributed by atoms with E-state index >= 15 is 0 Å². The third-order valence-electron chi connectivity index (χ3n) is 3.80. The number of anilines is 2. The molecule has 2 N–H and O–H groups in total. The fourth-order valence-corrected chi connectivity index (χ4v) is 2.69. The number of nitrogens with one attached hydrogen (secondary N) is 2. The quantitative estimate of drug-likeness (QED) is 0.461. The summed E-state index contributed by atoms with van der Waals surface area (Å²) in [4.78, 5) is 12.1. The van der Waals surface area contributed by atoms with E-state index in [0.29, 0.717) is 13.2 Å². The molecule has 0 unspecified atom stereocenters. The zero-order valence-corrected chi connectivity index (χ0v) is 16.8. The van der Waals surface area contributed by atoms with Crippen molar-refractivity contribution in [3.8, 4) is 11.5 Å². The summed E-state index contributed by atoms with van der Waals surface area (Å²) >= 11 is 3.38. The smallest absolute Gasteiger partial charge is 0.243 e. The van der Waals surface area contributed by atoms with Crippen LogP contribution in [-0.2, 0) is 4.79 Å². The summed E-state index contributed by atoms with van der Waals surface area (Å²) in [5.74, 6) is 1.43. The van der Waals surface area contributed by atoms with Gasteiger partial charge in [0, 0.05) is 15.8 Å². The van der Waals surface area contributed by atoms with Crippen LogP contribution in [0.1, 0.15) is 0 Å². The van der Waals surface area contributed by atoms with Crippen LogP contribution in [0.5, 0.6) is 11.5 Å². The summed E-state index contributed by atoms with van der Waals surface area (Å²) in [5.41, 5.74) is 1.61. The van der Waals surface area contributed by atoms with Gasteiger partial charge in [0.1, 0.15) is 24.7 Å². The Labute approximate surface area is 172 Å². The molecule has 0 atom stereocenters. The summed E-state index contributed by atoms with van der Waals surface area (Å²) in [5, 5.41) is 5.93. The predicted octanol–water partition coefficient (Wildman–Crippen LogP) is 4.96. The fraction of sp³-hybridized carbons (Fsp3) is 0.136. The van der Waals surface area contributed by atoms with Crippen molar-refractivity contribution in [3.05, 3.63) is 83.3 Å². The molecule has 3 aromatic rings. The SMILES string of the molecule is O=C(CNc1ccc(Br)cc1)Nc1ccc(OCCOc2ccccc2)cc1. The van der Waals surface area contributed by atoms with Gasteiger partial charge < -0.3 is 20.1 Å². The lowest BCUT2D eigenvalue weighted by molar-refractivity contribution is -0.114. The molecule has 3 rings (SSSR count). The van der Waals surface area contributed by atoms with Crippen LogP contribution in [0.4, 0.5) is 11.4 Å². The largest absolute Gasteiger partial charge is 0.490 e. The topological polar surface area (TPSA) is 59.6 Å². The molecule has 0 radical (unpaired) electrons. The van der Waals surface area contributed by atoms with Crippen LogP contribution in [0.2, 0.25) is 0 Å². The molecule has 0 saturated carbocycles. The van der Waals surface area contributed by atoms with Gasteiger partial charge in [0.2, 0.25) is 5.91 Å². The molecule has 144 valence electrons. The maximum absolute atomic E-state index is 12.1. The number of rotatable bonds is 9. The molecule has 0 heterocycles. The van der Waals surface area contributed by atoms with E-state index in [1.54, 1.807) is 0 Å². The summed E-state index contributed by atoms with van der Waals surface area (Å²) in [7, 11) is 0. The first-order valence-electron chi connectivity index (χ1n) is 8.89. The zero-order valence-electron chi connectivity index (χ0n) is 15.2. The van der Waals surface area contributed by atoms with E-state index in [1.165, 1.54) is 0 Å². The van der Waals surface area contributed by atoms with E-state index in [9.17, 15) is 4.79 Å². The van der Waals surface area contributed by atoms with Crippen molar-refractivity contribution in [1.29, 1.82) is 0 Å². The van der Waals surface area contributed by atoms with Gasteiger partial charge in [-0.2, -0.15) is 0 Å². The van der Waals surface area contributed by atoms with Crippen LogP contribution in [-0.4, -0.2) is 25.7 Å². The zero-order chi connectivity index (χ0) is 19.6. The van der Waals surface area contributed by atoms with Gasteiger partial charge >= 0.3 is 0 Å². The van der Waals surface area contributed by atoms with E-state index in [1.807, 2.05) is 78.9 Å². The lowest BCUT2D eigenvalue weighted by atomic mass is 10.3. The Hall–Kier alpha value is -2.99. The van der Waals surface area contributed by atoms with Gasteiger partial charge in [-0.1, -0.05) is 34.1 Å². The van der Waals surface area contributed by atoms with Crippen LogP contribution >= 0.6 is 15.9 Å². The number of halogens is 1. The molecular formula is C22H21BrN2O3. The molecule has 0 saturated heterocycles. The molecule has 0 aliphatic carbocycles. The molecule has 28 heavy (non-hydrogen) atoms. The minimum atomic E-state index is -0.118. The average Bonchev–Trinajstić information content (AvgIpc) is 2.73. The molecule has 0 aromatic heterocycles. The van der Waals surface area contributed by atoms with E-state index in [4.69, 9.17) is 9.47 Å². The number of ether oxygens (including phenoxy) is 2. The van der Waals surface area contributed by atoms with Gasteiger partial charge in [-0.3, -0.25) is 4.79 Å². The van der Waals surface area contributed by atoms with Crippen molar-refractivity contribution in [2.75, 3.05) is 30.4 Å². The van der Waals surface area contributed by atoms with E-state index in [2.05, 4.69) is 26.6 Å². The van der Waals surface area contributed by atoms with Crippen molar-refractivity contribution < 1.29 is 14.3 Å². The van der Waals surface area contributed by atoms with E-state index in [0.717, 1.165) is 27.3 Å². The predicted molar refractivity (Wildman–Crippen MR) is 115 cm³/mol. The first kappa shape index (κ1) is 19.8. The second-order valence-corrected chi connectivity index (χ2v) is 6.86. The highest BCUT2D eigenvalue weighted by molar-refractivity contribution is 9.10. The Morgan fingerprint density at radius 1 is 0.750 bits per heavy atom. The minimum Gasteiger partial charge on any atom is -0.490 e. The highest BCUT2D eigenvalue weighted by Crippen LogP contribution is 2.17. The van der Waals surface area contributed by atoms with Gasteiger partial charge in [0.25, 0.3) is 0 Å². The molecule has 0 fully saturated rings. The van der Waals surface area contributed by atoms with Crippen molar-refractivity contribution in [3.63, 3.8) is 0 Å². The number of carbonyl (C=O) groups is 1. The van der Waals surface area contributed by atoms with Crippen LogP contribution in [0.3, 0.4) is 0 Å². The second-order valence-electron chi connectivity index (χ2n) is 5.94. The fourth-order valence-electron chi connectivity index (χ4n) is 2.43. The van der Waals surface area contributed by atoms with E-state index in [-0.39, 0.29) is 12.5 Å². The second kappa shape index (κ2) is 10.4. The standard InChI is InChI=1S/C22H21BrN2O3/c23-17-6-8-18(9-7-17)24-16-22(26)25-19-10-12-21(13-11-19)28-15-14-27-20-4-2-1-3-5-20/h1-13,24H,14-16H2,(H,25,26). The molecule has 6 heteroatoms. The first-order valence-corrected chi connectivity index (χ1v) is 9.68. The Morgan fingerprint density at radius 2 is 1.32 bits per heavy atom. The summed E-state index contributed by atoms with van der Waals surface area (Å²) in [6.07, 6.45) is 0. The highest BCUT2D eigenvalue weighted by Gasteiger charge is 2.03. The van der Waals surface area contributed by atoms with Crippen LogP contribution < -0.4 is 20.1 Å². The van der Waals surface area contributed by atoms with Crippen molar-refractivity contribution in [2.24, 2.45) is 0 Å². The van der Waals surface area contributed by atoms with Crippen LogP contribution in [0, 0.1) is 0 Å². The number of carbonyl (C=O) groups excluding carboxylic acids is 1. The monoisotopic (exact) mass is 440 g/mol. The first-order chi connectivity index (χ1) is 13.7. The van der Waals surface area contributed by atoms with Gasteiger partial charge in [-0.05, 0) is 60.7 Å². The van der Waals surface area contributed by atoms with Crippen molar-refractivity contribution >= 4 is 33.2 Å². The lowest BCUT2D eigenvalue weighted by Crippen LogP contribution is -2.21. The maximum Gasteiger partial charge on any atom is 0.243 e. The molecular weight excluding hydrogens is 420 g/mol. The molecule has 0 aliphatic rings. The van der Waals surface area contributed by atoms with Gasteiger partial charge in [0.15, 0.2) is 0 Å². The van der Waals surface area contributed by atoms with E-state index < -0.39 is 0 Å². The highest BCUT2D eigenvalue weighted by atomic mass is 79.9. The molecule has 1 amide bonds. The summed E-state index contributed by atoms with van der Waals surface area (Å²) in [6.45, 7) is 1.10. The Bertz CT molecular complexity index is 869. The maximum atomic E-state index is 12.1. The summed E-state index contributed by atoms with van der Waals surface area (Å²) in [6, 6.07) is 24.5. The van der Waals surface area contributed by atoms with Crippen LogP contribution in [0.15, 0.2) is 83.3 Å². The third-order valence-corrected chi connectivity index (χ3v) is 4.33. The number of amides is 1. The molecule has 0 bridgehead atoms. The van der Waals surface area contributed by atoms with Crippen molar-refractivity contribution in [1.82, 2.24) is 0 Å². The number of hydrogen-bond donors (Lipinski definition) is 2. The van der Waals surface area contributed by atoms with Gasteiger partial charge in [-0.25, -0.2) is 0 Å². The molecule has 3 aromatic carbocycles. The lowest BCUT2D eigenvalue weighted by Gasteiger charge is -2.10. The average molecular weight is 441 g/mol. The normalized spacial score (nSPS) is 10.2. The molecule has 5 nitrogen and oxygen atoms in total. The Balaban J connectivity index is 1.37. The Kier molecular flexibility index (Phi) is 7.32. The van der Waals surface area contributed by atoms with Gasteiger partial charge in [-0.15, -0.1) is 0 Å². The number of hydrogen-bond acceptors (Lipinski definition) is 4.